The summed E-state index contributed by atoms with van der Waals surface area (Å²) in [5.74, 6) is 0.729. The molecule has 3 aliphatic rings. The number of aromatic nitrogens is 4. The Morgan fingerprint density at radius 1 is 1.19 bits per heavy atom. The Morgan fingerprint density at radius 2 is 1.97 bits per heavy atom. The average Bonchev–Trinajstić information content (AvgIpc) is 3.45. The molecule has 0 aromatic carbocycles. The van der Waals surface area contributed by atoms with Crippen molar-refractivity contribution in [1.29, 1.82) is 5.41 Å². The molecule has 2 N–H and O–H groups in total. The number of aliphatic hydroxyl groups excluding tert-OH is 1. The fourth-order valence-corrected chi connectivity index (χ4v) is 6.45. The van der Waals surface area contributed by atoms with Crippen LogP contribution in [0.15, 0.2) is 23.6 Å². The van der Waals surface area contributed by atoms with Crippen molar-refractivity contribution < 1.29 is 14.6 Å². The number of nitrogens with one attached hydrogen (secondary N) is 1. The van der Waals surface area contributed by atoms with Gasteiger partial charge in [-0.25, -0.2) is 4.98 Å². The summed E-state index contributed by atoms with van der Waals surface area (Å²) in [6.07, 6.45) is 8.86. The summed E-state index contributed by atoms with van der Waals surface area (Å²) in [4.78, 5) is 24.7. The van der Waals surface area contributed by atoms with E-state index >= 15 is 0 Å². The predicted molar refractivity (Wildman–Crippen MR) is 141 cm³/mol. The number of rotatable bonds is 6. The molecule has 1 saturated carbocycles. The minimum Gasteiger partial charge on any atom is -0.511 e. The highest BCUT2D eigenvalue weighted by molar-refractivity contribution is 6.09. The van der Waals surface area contributed by atoms with Crippen LogP contribution in [0.2, 0.25) is 0 Å². The minimum atomic E-state index is -0.853. The normalized spacial score (nSPS) is 25.6. The van der Waals surface area contributed by atoms with E-state index in [1.54, 1.807) is 10.7 Å². The Morgan fingerprint density at radius 3 is 2.65 bits per heavy atom. The zero-order valence-electron chi connectivity index (χ0n) is 22.4. The van der Waals surface area contributed by atoms with E-state index in [4.69, 9.17) is 15.1 Å². The zero-order valence-corrected chi connectivity index (χ0v) is 22.4. The molecule has 0 unspecified atom stereocenters. The molecule has 2 aliphatic carbocycles. The average molecular weight is 507 g/mol. The molecule has 0 amide bonds. The highest BCUT2D eigenvalue weighted by Crippen LogP contribution is 2.48. The minimum absolute atomic E-state index is 0.0555. The van der Waals surface area contributed by atoms with Crippen molar-refractivity contribution in [2.75, 3.05) is 13.6 Å². The number of carbonyl (C=O) groups is 1. The highest BCUT2D eigenvalue weighted by Gasteiger charge is 2.47. The van der Waals surface area contributed by atoms with Gasteiger partial charge in [-0.1, -0.05) is 6.42 Å². The van der Waals surface area contributed by atoms with Gasteiger partial charge < -0.3 is 9.84 Å². The Bertz CT molecular complexity index is 1250. The SMILES string of the molecule is Cc1cn(C)nc1-c1cc(O[C@@H](C)[C@@H]2CCCN2C)nc(C(=N)C2=C(O)[C@]3(CCCCC3=O)CCC2)n1. The molecule has 9 heteroatoms. The van der Waals surface area contributed by atoms with Gasteiger partial charge in [0.05, 0.1) is 11.1 Å². The summed E-state index contributed by atoms with van der Waals surface area (Å²) in [6, 6.07) is 2.08. The van der Waals surface area contributed by atoms with Crippen LogP contribution in [0.5, 0.6) is 5.88 Å². The fourth-order valence-electron chi connectivity index (χ4n) is 6.45. The number of hydrogen-bond acceptors (Lipinski definition) is 8. The number of ether oxygens (including phenoxy) is 1. The van der Waals surface area contributed by atoms with E-state index in [0.717, 1.165) is 44.2 Å². The smallest absolute Gasteiger partial charge is 0.217 e. The number of hydrogen-bond donors (Lipinski definition) is 2. The molecule has 1 aliphatic heterocycles. The first kappa shape index (κ1) is 25.6. The molecule has 2 aromatic heterocycles. The summed E-state index contributed by atoms with van der Waals surface area (Å²) in [6.45, 7) is 5.07. The first-order valence-corrected chi connectivity index (χ1v) is 13.5. The Hall–Kier alpha value is -3.07. The van der Waals surface area contributed by atoms with Gasteiger partial charge in [0.15, 0.2) is 5.82 Å². The second kappa shape index (κ2) is 10.0. The lowest BCUT2D eigenvalue weighted by atomic mass is 9.64. The van der Waals surface area contributed by atoms with E-state index < -0.39 is 5.41 Å². The maximum atomic E-state index is 13.0. The molecular weight excluding hydrogens is 468 g/mol. The molecular formula is C28H38N6O3. The van der Waals surface area contributed by atoms with Crippen molar-refractivity contribution in [2.24, 2.45) is 12.5 Å². The number of aryl methyl sites for hydroxylation is 2. The number of likely N-dealkylation sites (tertiary alicyclic amines) is 1. The van der Waals surface area contributed by atoms with Crippen molar-refractivity contribution >= 4 is 11.5 Å². The van der Waals surface area contributed by atoms with Crippen molar-refractivity contribution in [1.82, 2.24) is 24.6 Å². The number of likely N-dealkylation sites (N-methyl/N-ethyl adjacent to an activating group) is 1. The van der Waals surface area contributed by atoms with Gasteiger partial charge >= 0.3 is 0 Å². The first-order chi connectivity index (χ1) is 17.7. The van der Waals surface area contributed by atoms with Crippen LogP contribution in [-0.4, -0.2) is 67.0 Å². The maximum absolute atomic E-state index is 13.0. The Balaban J connectivity index is 1.54. The van der Waals surface area contributed by atoms with E-state index in [0.29, 0.717) is 54.6 Å². The van der Waals surface area contributed by atoms with Gasteiger partial charge in [0.1, 0.15) is 29.1 Å². The molecule has 1 saturated heterocycles. The third kappa shape index (κ3) is 4.69. The van der Waals surface area contributed by atoms with Crippen LogP contribution in [0.3, 0.4) is 0 Å². The number of ketones is 1. The lowest BCUT2D eigenvalue weighted by molar-refractivity contribution is -0.131. The fraction of sp³-hybridized carbons (Fsp3) is 0.607. The van der Waals surface area contributed by atoms with Crippen LogP contribution in [0.25, 0.3) is 11.4 Å². The second-order valence-electron chi connectivity index (χ2n) is 11.0. The predicted octanol–water partition coefficient (Wildman–Crippen LogP) is 4.54. The molecule has 9 nitrogen and oxygen atoms in total. The van der Waals surface area contributed by atoms with Gasteiger partial charge in [0, 0.05) is 37.3 Å². The largest absolute Gasteiger partial charge is 0.511 e. The van der Waals surface area contributed by atoms with E-state index in [2.05, 4.69) is 29.0 Å². The number of carbonyl (C=O) groups excluding carboxylic acids is 1. The molecule has 5 rings (SSSR count). The summed E-state index contributed by atoms with van der Waals surface area (Å²) in [5.41, 5.74) is 1.92. The third-order valence-corrected chi connectivity index (χ3v) is 8.47. The molecule has 3 atom stereocenters. The third-order valence-electron chi connectivity index (χ3n) is 8.47. The van der Waals surface area contributed by atoms with E-state index in [-0.39, 0.29) is 29.2 Å². The van der Waals surface area contributed by atoms with Crippen molar-refractivity contribution in [2.45, 2.75) is 83.8 Å². The highest BCUT2D eigenvalue weighted by atomic mass is 16.5. The van der Waals surface area contributed by atoms with Crippen LogP contribution in [0.1, 0.15) is 76.1 Å². The van der Waals surface area contributed by atoms with Crippen LogP contribution in [0, 0.1) is 17.7 Å². The van der Waals surface area contributed by atoms with Gasteiger partial charge in [-0.05, 0) is 77.9 Å². The topological polar surface area (TPSA) is 117 Å². The molecule has 37 heavy (non-hydrogen) atoms. The van der Waals surface area contributed by atoms with E-state index in [1.807, 2.05) is 20.2 Å². The summed E-state index contributed by atoms with van der Waals surface area (Å²) >= 11 is 0. The molecule has 0 radical (unpaired) electrons. The van der Waals surface area contributed by atoms with Crippen molar-refractivity contribution in [3.05, 3.63) is 35.0 Å². The molecule has 1 spiro atoms. The summed E-state index contributed by atoms with van der Waals surface area (Å²) in [7, 11) is 3.98. The standard InChI is InChI=1S/C28H38N6O3/c1-17-16-34(4)32-25(17)20-15-23(37-18(2)21-10-8-14-33(21)3)31-27(30-20)24(29)19-9-7-13-28(26(19)36)12-6-5-11-22(28)35/h15-16,18,21,29,36H,5-14H2,1-4H3/t18-,21-,28+/m0/s1. The zero-order chi connectivity index (χ0) is 26.3. The van der Waals surface area contributed by atoms with Crippen LogP contribution >= 0.6 is 0 Å². The number of allylic oxidation sites excluding steroid dienone is 2. The van der Waals surface area contributed by atoms with E-state index in [1.165, 1.54) is 0 Å². The van der Waals surface area contributed by atoms with Crippen LogP contribution < -0.4 is 4.74 Å². The Labute approximate surface area is 218 Å². The number of aliphatic hydroxyl groups is 1. The van der Waals surface area contributed by atoms with Crippen molar-refractivity contribution in [3.8, 4) is 17.3 Å². The summed E-state index contributed by atoms with van der Waals surface area (Å²) in [5, 5.41) is 25.0. The molecule has 2 fully saturated rings. The van der Waals surface area contributed by atoms with Gasteiger partial charge in [-0.3, -0.25) is 19.8 Å². The van der Waals surface area contributed by atoms with Gasteiger partial charge in [0.25, 0.3) is 0 Å². The first-order valence-electron chi connectivity index (χ1n) is 13.5. The monoisotopic (exact) mass is 506 g/mol. The molecule has 3 heterocycles. The second-order valence-corrected chi connectivity index (χ2v) is 11.0. The quantitative estimate of drug-likeness (QED) is 0.552. The van der Waals surface area contributed by atoms with Gasteiger partial charge in [-0.15, -0.1) is 0 Å². The Kier molecular flexibility index (Phi) is 6.91. The maximum Gasteiger partial charge on any atom is 0.217 e. The molecule has 0 bridgehead atoms. The molecule has 2 aromatic rings. The van der Waals surface area contributed by atoms with Crippen molar-refractivity contribution in [3.63, 3.8) is 0 Å². The number of Topliss-reactive ketones (excluding diaryl/α,β-unsaturated/α-hetero) is 1. The number of nitrogens with zero attached hydrogens (tertiary/aromatic N) is 5. The lowest BCUT2D eigenvalue weighted by Gasteiger charge is -2.39. The van der Waals surface area contributed by atoms with E-state index in [9.17, 15) is 9.90 Å². The van der Waals surface area contributed by atoms with Gasteiger partial charge in [-0.2, -0.15) is 10.1 Å². The van der Waals surface area contributed by atoms with Crippen LogP contribution in [0.4, 0.5) is 0 Å². The summed E-state index contributed by atoms with van der Waals surface area (Å²) < 4.78 is 8.09. The lowest BCUT2D eigenvalue weighted by Crippen LogP contribution is -2.39. The van der Waals surface area contributed by atoms with Gasteiger partial charge in [0.2, 0.25) is 5.88 Å². The van der Waals surface area contributed by atoms with Crippen LogP contribution in [-0.2, 0) is 11.8 Å². The molecule has 198 valence electrons.